The molecule has 0 amide bonds. The summed E-state index contributed by atoms with van der Waals surface area (Å²) >= 11 is 0. The van der Waals surface area contributed by atoms with Crippen molar-refractivity contribution in [2.75, 3.05) is 7.11 Å². The maximum atomic E-state index is 11.3. The van der Waals surface area contributed by atoms with Crippen LogP contribution in [0.5, 0.6) is 0 Å². The lowest BCUT2D eigenvalue weighted by Crippen LogP contribution is -2.15. The summed E-state index contributed by atoms with van der Waals surface area (Å²) in [4.78, 5) is 11.3. The predicted octanol–water partition coefficient (Wildman–Crippen LogP) is 3.11. The van der Waals surface area contributed by atoms with E-state index in [-0.39, 0.29) is 5.92 Å². The lowest BCUT2D eigenvalue weighted by Gasteiger charge is -2.22. The molecule has 1 N–H and O–H groups in total. The molecule has 0 aliphatic rings. The summed E-state index contributed by atoms with van der Waals surface area (Å²) in [5, 5.41) is 10.0. The van der Waals surface area contributed by atoms with Crippen LogP contribution in [-0.4, -0.2) is 24.3 Å². The second kappa shape index (κ2) is 6.71. The second-order valence-corrected chi connectivity index (χ2v) is 5.31. The SMILES string of the molecule is COC(=O)/C=C/[C@@H](c1cc(C)c(C)c(C)c1C)[C@H](C)O. The predicted molar refractivity (Wildman–Crippen MR) is 81.0 cm³/mol. The molecule has 1 rings (SSSR count). The number of hydrogen-bond acceptors (Lipinski definition) is 3. The fraction of sp³-hybridized carbons (Fsp3) is 0.471. The van der Waals surface area contributed by atoms with Gasteiger partial charge in [-0.3, -0.25) is 0 Å². The van der Waals surface area contributed by atoms with Crippen molar-refractivity contribution >= 4 is 5.97 Å². The molecular weight excluding hydrogens is 252 g/mol. The molecule has 0 fully saturated rings. The summed E-state index contributed by atoms with van der Waals surface area (Å²) in [6.07, 6.45) is 2.52. The highest BCUT2D eigenvalue weighted by Crippen LogP contribution is 2.30. The highest BCUT2D eigenvalue weighted by atomic mass is 16.5. The zero-order valence-corrected chi connectivity index (χ0v) is 13.2. The molecular formula is C17H24O3. The normalized spacial score (nSPS) is 14.3. The molecule has 20 heavy (non-hydrogen) atoms. The van der Waals surface area contributed by atoms with Crippen LogP contribution in [0.3, 0.4) is 0 Å². The maximum Gasteiger partial charge on any atom is 0.330 e. The van der Waals surface area contributed by atoms with Crippen molar-refractivity contribution in [1.82, 2.24) is 0 Å². The van der Waals surface area contributed by atoms with E-state index < -0.39 is 12.1 Å². The van der Waals surface area contributed by atoms with Gasteiger partial charge in [0.25, 0.3) is 0 Å². The number of ether oxygens (including phenoxy) is 1. The first-order valence-electron chi connectivity index (χ1n) is 6.81. The minimum absolute atomic E-state index is 0.216. The number of aliphatic hydroxyl groups excluding tert-OH is 1. The molecule has 3 heteroatoms. The van der Waals surface area contributed by atoms with Crippen LogP contribution in [0.15, 0.2) is 18.2 Å². The van der Waals surface area contributed by atoms with Crippen LogP contribution in [0.4, 0.5) is 0 Å². The van der Waals surface area contributed by atoms with Crippen molar-refractivity contribution in [2.45, 2.75) is 46.6 Å². The Kier molecular flexibility index (Phi) is 5.52. The first-order valence-corrected chi connectivity index (χ1v) is 6.81. The van der Waals surface area contributed by atoms with E-state index in [2.05, 4.69) is 38.5 Å². The Bertz CT molecular complexity index is 528. The molecule has 0 aromatic heterocycles. The van der Waals surface area contributed by atoms with Gasteiger partial charge in [0.2, 0.25) is 0 Å². The van der Waals surface area contributed by atoms with Gasteiger partial charge in [0, 0.05) is 12.0 Å². The van der Waals surface area contributed by atoms with Crippen molar-refractivity contribution in [2.24, 2.45) is 0 Å². The average molecular weight is 276 g/mol. The molecule has 1 aromatic carbocycles. The monoisotopic (exact) mass is 276 g/mol. The number of carbonyl (C=O) groups is 1. The fourth-order valence-electron chi connectivity index (χ4n) is 2.36. The molecule has 0 spiro atoms. The van der Waals surface area contributed by atoms with Crippen LogP contribution < -0.4 is 0 Å². The van der Waals surface area contributed by atoms with Crippen LogP contribution in [0.25, 0.3) is 0 Å². The summed E-state index contributed by atoms with van der Waals surface area (Å²) in [6, 6.07) is 2.09. The summed E-state index contributed by atoms with van der Waals surface area (Å²) in [5.41, 5.74) is 5.92. The number of rotatable bonds is 4. The van der Waals surface area contributed by atoms with Crippen LogP contribution in [0.1, 0.15) is 40.7 Å². The van der Waals surface area contributed by atoms with Crippen molar-refractivity contribution in [3.8, 4) is 0 Å². The third-order valence-corrected chi connectivity index (χ3v) is 4.04. The Labute approximate surface area is 121 Å². The Balaban J connectivity index is 3.30. The zero-order valence-electron chi connectivity index (χ0n) is 13.2. The van der Waals surface area contributed by atoms with Gasteiger partial charge in [-0.05, 0) is 62.4 Å². The molecule has 3 nitrogen and oxygen atoms in total. The average Bonchev–Trinajstić information content (AvgIpc) is 2.41. The van der Waals surface area contributed by atoms with Gasteiger partial charge in [-0.2, -0.15) is 0 Å². The smallest absolute Gasteiger partial charge is 0.330 e. The Morgan fingerprint density at radius 3 is 2.30 bits per heavy atom. The van der Waals surface area contributed by atoms with Gasteiger partial charge in [-0.15, -0.1) is 0 Å². The van der Waals surface area contributed by atoms with Gasteiger partial charge in [-0.1, -0.05) is 12.1 Å². The van der Waals surface area contributed by atoms with Gasteiger partial charge < -0.3 is 9.84 Å². The van der Waals surface area contributed by atoms with E-state index in [0.29, 0.717) is 0 Å². The Morgan fingerprint density at radius 1 is 1.20 bits per heavy atom. The summed E-state index contributed by atoms with van der Waals surface area (Å²) in [6.45, 7) is 10.0. The summed E-state index contributed by atoms with van der Waals surface area (Å²) in [7, 11) is 1.34. The van der Waals surface area contributed by atoms with Crippen molar-refractivity contribution in [3.63, 3.8) is 0 Å². The number of aryl methyl sites for hydroxylation is 1. The molecule has 0 unspecified atom stereocenters. The van der Waals surface area contributed by atoms with Gasteiger partial charge in [0.05, 0.1) is 13.2 Å². The third-order valence-electron chi connectivity index (χ3n) is 4.04. The minimum Gasteiger partial charge on any atom is -0.466 e. The van der Waals surface area contributed by atoms with Gasteiger partial charge in [-0.25, -0.2) is 4.79 Å². The van der Waals surface area contributed by atoms with Crippen molar-refractivity contribution < 1.29 is 14.6 Å². The van der Waals surface area contributed by atoms with E-state index in [1.165, 1.54) is 29.9 Å². The number of benzene rings is 1. The topological polar surface area (TPSA) is 46.5 Å². The summed E-state index contributed by atoms with van der Waals surface area (Å²) < 4.78 is 4.61. The molecule has 0 heterocycles. The number of hydrogen-bond donors (Lipinski definition) is 1. The molecule has 0 saturated carbocycles. The molecule has 0 bridgehead atoms. The third kappa shape index (κ3) is 3.48. The maximum absolute atomic E-state index is 11.3. The van der Waals surface area contributed by atoms with Crippen molar-refractivity contribution in [1.29, 1.82) is 0 Å². The van der Waals surface area contributed by atoms with Crippen molar-refractivity contribution in [3.05, 3.63) is 46.0 Å². The van der Waals surface area contributed by atoms with E-state index in [1.54, 1.807) is 13.0 Å². The zero-order chi connectivity index (χ0) is 15.4. The molecule has 0 aliphatic carbocycles. The second-order valence-electron chi connectivity index (χ2n) is 5.31. The van der Waals surface area contributed by atoms with E-state index in [4.69, 9.17) is 0 Å². The Morgan fingerprint density at radius 2 is 1.80 bits per heavy atom. The number of carbonyl (C=O) groups excluding carboxylic acids is 1. The van der Waals surface area contributed by atoms with Crippen LogP contribution in [0, 0.1) is 27.7 Å². The molecule has 110 valence electrons. The molecule has 0 saturated heterocycles. The molecule has 0 aliphatic heterocycles. The molecule has 1 aromatic rings. The fourth-order valence-corrected chi connectivity index (χ4v) is 2.36. The lowest BCUT2D eigenvalue weighted by molar-refractivity contribution is -0.134. The van der Waals surface area contributed by atoms with Crippen LogP contribution in [0.2, 0.25) is 0 Å². The first kappa shape index (κ1) is 16.4. The molecule has 0 radical (unpaired) electrons. The van der Waals surface area contributed by atoms with Crippen LogP contribution >= 0.6 is 0 Å². The highest BCUT2D eigenvalue weighted by Gasteiger charge is 2.19. The van der Waals surface area contributed by atoms with Gasteiger partial charge >= 0.3 is 5.97 Å². The standard InChI is InChI=1S/C17H24O3/c1-10-9-16(13(4)12(3)11(10)2)15(14(5)18)7-8-17(19)20-6/h7-9,14-15,18H,1-6H3/b8-7+/t14-,15+/m0/s1. The lowest BCUT2D eigenvalue weighted by atomic mass is 9.85. The number of esters is 1. The number of aliphatic hydroxyl groups is 1. The van der Waals surface area contributed by atoms with E-state index >= 15 is 0 Å². The molecule has 2 atom stereocenters. The number of methoxy groups -OCH3 is 1. The van der Waals surface area contributed by atoms with E-state index in [1.807, 2.05) is 0 Å². The van der Waals surface area contributed by atoms with Gasteiger partial charge in [0.1, 0.15) is 0 Å². The minimum atomic E-state index is -0.573. The summed E-state index contributed by atoms with van der Waals surface area (Å²) in [5.74, 6) is -0.624. The largest absolute Gasteiger partial charge is 0.466 e. The Hall–Kier alpha value is -1.61. The van der Waals surface area contributed by atoms with Crippen LogP contribution in [-0.2, 0) is 9.53 Å². The van der Waals surface area contributed by atoms with E-state index in [9.17, 15) is 9.90 Å². The quantitative estimate of drug-likeness (QED) is 0.679. The highest BCUT2D eigenvalue weighted by molar-refractivity contribution is 5.82. The van der Waals surface area contributed by atoms with E-state index in [0.717, 1.165) is 11.1 Å². The first-order chi connectivity index (χ1) is 9.29. The van der Waals surface area contributed by atoms with Gasteiger partial charge in [0.15, 0.2) is 0 Å².